The van der Waals surface area contributed by atoms with Crippen molar-refractivity contribution in [1.29, 1.82) is 0 Å². The van der Waals surface area contributed by atoms with Gasteiger partial charge in [0.25, 0.3) is 0 Å². The maximum Gasteiger partial charge on any atom is 1.00 e. The van der Waals surface area contributed by atoms with Crippen molar-refractivity contribution in [2.75, 3.05) is 18.1 Å². The van der Waals surface area contributed by atoms with Crippen LogP contribution in [0.1, 0.15) is 5.56 Å². The smallest absolute Gasteiger partial charge is 1.00 e. The molecule has 1 aliphatic heterocycles. The van der Waals surface area contributed by atoms with Gasteiger partial charge in [-0.05, 0) is 24.8 Å². The molecule has 24 heavy (non-hydrogen) atoms. The first-order valence-corrected chi connectivity index (χ1v) is 5.14. The van der Waals surface area contributed by atoms with Crippen LogP contribution in [0.15, 0.2) is 17.0 Å². The summed E-state index contributed by atoms with van der Waals surface area (Å²) in [5, 5.41) is 3.14. The number of benzene rings is 1. The molecule has 0 spiro atoms. The number of rotatable bonds is 1. The Kier molecular flexibility index (Phi) is 108. The summed E-state index contributed by atoms with van der Waals surface area (Å²) < 4.78 is 13.5. The van der Waals surface area contributed by atoms with Crippen LogP contribution in [0.4, 0.5) is 10.1 Å². The van der Waals surface area contributed by atoms with Crippen LogP contribution in [-0.2, 0) is 19.9 Å². The van der Waals surface area contributed by atoms with Crippen molar-refractivity contribution in [2.45, 2.75) is 11.3 Å². The minimum Gasteiger partial charge on any atom is -2.00 e. The first-order valence-electron chi connectivity index (χ1n) is 3.92. The van der Waals surface area contributed by atoms with Crippen molar-refractivity contribution in [2.24, 2.45) is 0 Å². The Morgan fingerprint density at radius 3 is 1.67 bits per heavy atom. The summed E-state index contributed by atoms with van der Waals surface area (Å²) in [5.41, 5.74) is 1.81. The molecule has 19 N–H and O–H groups in total. The average Bonchev–Trinajstić information content (AvgIpc) is 2.53. The zero-order chi connectivity index (χ0) is 8.55. The van der Waals surface area contributed by atoms with Gasteiger partial charge in [0.1, 0.15) is 5.82 Å². The fourth-order valence-electron chi connectivity index (χ4n) is 1.49. The molecule has 0 aliphatic carbocycles. The van der Waals surface area contributed by atoms with E-state index in [2.05, 4.69) is 5.32 Å². The van der Waals surface area contributed by atoms with Crippen LogP contribution < -0.4 is 64.4 Å². The van der Waals surface area contributed by atoms with E-state index >= 15 is 0 Å². The first-order chi connectivity index (χ1) is 5.83. The zero-order valence-electron chi connectivity index (χ0n) is 13.8. The van der Waals surface area contributed by atoms with Crippen LogP contribution in [0, 0.1) is 5.82 Å². The molecule has 0 amide bonds. The van der Waals surface area contributed by atoms with E-state index in [0.29, 0.717) is 0 Å². The predicted octanol–water partition coefficient (Wildman–Crippen LogP) is -10.9. The number of halogens is 1. The van der Waals surface area contributed by atoms with Gasteiger partial charge in [-0.3, -0.25) is 0 Å². The van der Waals surface area contributed by atoms with Crippen LogP contribution in [0.5, 0.6) is 0 Å². The predicted molar refractivity (Wildman–Crippen MR) is 90.3 cm³/mol. The number of anilines is 1. The molecule has 10 nitrogen and oxygen atoms in total. The van der Waals surface area contributed by atoms with Gasteiger partial charge >= 0.3 is 59.1 Å². The van der Waals surface area contributed by atoms with E-state index < -0.39 is 0 Å². The molecule has 1 heterocycles. The molecule has 0 saturated heterocycles. The molecular formula is C9H28FNNa2O9S2. The van der Waals surface area contributed by atoms with Crippen molar-refractivity contribution in [3.05, 3.63) is 23.5 Å². The minimum absolute atomic E-state index is 0. The second-order valence-corrected chi connectivity index (χ2v) is 3.63. The van der Waals surface area contributed by atoms with Gasteiger partial charge in [0.15, 0.2) is 0 Å². The van der Waals surface area contributed by atoms with E-state index in [1.165, 1.54) is 11.8 Å². The maximum atomic E-state index is 13.5. The van der Waals surface area contributed by atoms with Gasteiger partial charge in [-0.1, -0.05) is 0 Å². The number of hydrogen-bond donors (Lipinski definition) is 1. The molecule has 0 radical (unpaired) electrons. The van der Waals surface area contributed by atoms with Gasteiger partial charge in [-0.2, -0.15) is 0 Å². The molecule has 1 aliphatic rings. The van der Waals surface area contributed by atoms with Crippen molar-refractivity contribution in [1.82, 2.24) is 0 Å². The van der Waals surface area contributed by atoms with E-state index in [1.54, 1.807) is 0 Å². The van der Waals surface area contributed by atoms with Crippen LogP contribution in [0.25, 0.3) is 0 Å². The summed E-state index contributed by atoms with van der Waals surface area (Å²) in [6, 6.07) is 3.79. The first kappa shape index (κ1) is 73.1. The monoisotopic (exact) mass is 423 g/mol. The molecule has 144 valence electrons. The van der Waals surface area contributed by atoms with Crippen LogP contribution in [-0.4, -0.2) is 62.1 Å². The third-order valence-electron chi connectivity index (χ3n) is 2.12. The molecule has 0 fully saturated rings. The molecule has 15 heteroatoms. The standard InChI is InChI=1S/C9H10FNS.2Na.9H2O.S/c1-12-8-3-2-7-6(9(8)10)4-5-11-7;;;;;;;;;;;;/h2-3,11H,4-5H2,1H3;;;9*1H2;/q;2*+1;;;;;;;;;;-2. The Morgan fingerprint density at radius 1 is 0.875 bits per heavy atom. The van der Waals surface area contributed by atoms with E-state index in [-0.39, 0.29) is 128 Å². The molecule has 0 atom stereocenters. The number of hydrogen-bond acceptors (Lipinski definition) is 2. The summed E-state index contributed by atoms with van der Waals surface area (Å²) in [4.78, 5) is 0.748. The van der Waals surface area contributed by atoms with E-state index in [0.717, 1.165) is 29.1 Å². The summed E-state index contributed by atoms with van der Waals surface area (Å²) in [7, 11) is 0. The summed E-state index contributed by atoms with van der Waals surface area (Å²) in [6.45, 7) is 0.865. The topological polar surface area (TPSA) is 296 Å². The second-order valence-electron chi connectivity index (χ2n) is 2.78. The van der Waals surface area contributed by atoms with Gasteiger partial charge in [-0.25, -0.2) is 4.39 Å². The molecule has 0 aromatic heterocycles. The van der Waals surface area contributed by atoms with Gasteiger partial charge in [0.05, 0.1) is 0 Å². The number of thioether (sulfide) groups is 1. The van der Waals surface area contributed by atoms with Gasteiger partial charge < -0.3 is 68.1 Å². The largest absolute Gasteiger partial charge is 2.00 e. The van der Waals surface area contributed by atoms with Crippen LogP contribution in [0.2, 0.25) is 0 Å². The number of fused-ring (bicyclic) bond motifs is 1. The van der Waals surface area contributed by atoms with Crippen molar-refractivity contribution in [3.8, 4) is 0 Å². The quantitative estimate of drug-likeness (QED) is 0.339. The zero-order valence-corrected chi connectivity index (χ0v) is 19.4. The van der Waals surface area contributed by atoms with Gasteiger partial charge in [-0.15, -0.1) is 11.8 Å². The molecule has 1 aromatic rings. The summed E-state index contributed by atoms with van der Waals surface area (Å²) in [6.07, 6.45) is 2.71. The summed E-state index contributed by atoms with van der Waals surface area (Å²) in [5.74, 6) is -0.0370. The average molecular weight is 423 g/mol. The normalized spacial score (nSPS) is 7.08. The van der Waals surface area contributed by atoms with Gasteiger partial charge in [0.2, 0.25) is 0 Å². The Balaban J connectivity index is -0.0000000156. The second kappa shape index (κ2) is 35.4. The number of nitrogens with one attached hydrogen (secondary N) is 1. The van der Waals surface area contributed by atoms with Gasteiger partial charge in [0, 0.05) is 22.7 Å². The Morgan fingerprint density at radius 2 is 1.29 bits per heavy atom. The summed E-state index contributed by atoms with van der Waals surface area (Å²) >= 11 is 1.46. The molecule has 2 rings (SSSR count). The van der Waals surface area contributed by atoms with E-state index in [1.807, 2.05) is 18.4 Å². The van der Waals surface area contributed by atoms with Crippen LogP contribution in [0.3, 0.4) is 0 Å². The van der Waals surface area contributed by atoms with E-state index in [4.69, 9.17) is 0 Å². The fourth-order valence-corrected chi connectivity index (χ4v) is 2.00. The fraction of sp³-hybridized carbons (Fsp3) is 0.333. The maximum absolute atomic E-state index is 13.5. The van der Waals surface area contributed by atoms with Crippen molar-refractivity contribution >= 4 is 30.9 Å². The molecule has 0 unspecified atom stereocenters. The van der Waals surface area contributed by atoms with Crippen molar-refractivity contribution in [3.63, 3.8) is 0 Å². The SMILES string of the molecule is CSc1ccc2c(c1F)CCN2.O.O.O.O.O.O.O.O.O.[Na+].[Na+].[S-2]. The molecular weight excluding hydrogens is 395 g/mol. The molecule has 0 saturated carbocycles. The van der Waals surface area contributed by atoms with Crippen LogP contribution >= 0.6 is 11.8 Å². The molecule has 1 aromatic carbocycles. The minimum atomic E-state index is -0.0370. The Hall–Kier alpha value is 1.29. The third kappa shape index (κ3) is 16.7. The third-order valence-corrected chi connectivity index (χ3v) is 2.87. The Labute approximate surface area is 195 Å². The Bertz CT molecular complexity index is 346. The molecule has 0 bridgehead atoms. The van der Waals surface area contributed by atoms with Crippen molar-refractivity contribution < 1.29 is 113 Å². The van der Waals surface area contributed by atoms with E-state index in [9.17, 15) is 4.39 Å².